The zero-order valence-corrected chi connectivity index (χ0v) is 10.9. The van der Waals surface area contributed by atoms with Crippen molar-refractivity contribution in [3.05, 3.63) is 35.4 Å². The predicted octanol–water partition coefficient (Wildman–Crippen LogP) is 2.76. The number of hydrogen-bond donors (Lipinski definition) is 1. The first-order valence-electron chi connectivity index (χ1n) is 5.74. The van der Waals surface area contributed by atoms with E-state index in [2.05, 4.69) is 0 Å². The lowest BCUT2D eigenvalue weighted by molar-refractivity contribution is -0.157. The molecule has 17 heavy (non-hydrogen) atoms. The Hall–Kier alpha value is -1.35. The Bertz CT molecular complexity index is 373. The van der Waals surface area contributed by atoms with Gasteiger partial charge >= 0.3 is 5.97 Å². The van der Waals surface area contributed by atoms with Gasteiger partial charge in [0.25, 0.3) is 0 Å². The Morgan fingerprint density at radius 1 is 1.29 bits per heavy atom. The largest absolute Gasteiger partial charge is 0.460 e. The Morgan fingerprint density at radius 3 is 2.29 bits per heavy atom. The maximum atomic E-state index is 11.5. The molecule has 0 heterocycles. The highest BCUT2D eigenvalue weighted by Gasteiger charge is 2.19. The maximum Gasteiger partial charge on any atom is 0.309 e. The van der Waals surface area contributed by atoms with Crippen molar-refractivity contribution in [2.24, 2.45) is 0 Å². The van der Waals surface area contributed by atoms with Crippen LogP contribution in [0.4, 0.5) is 0 Å². The highest BCUT2D eigenvalue weighted by Crippen LogP contribution is 2.19. The Labute approximate surface area is 102 Å². The Balaban J connectivity index is 2.57. The molecule has 94 valence electrons. The van der Waals surface area contributed by atoms with Gasteiger partial charge in [0.15, 0.2) is 0 Å². The van der Waals surface area contributed by atoms with E-state index in [0.717, 1.165) is 11.1 Å². The van der Waals surface area contributed by atoms with E-state index in [-0.39, 0.29) is 12.4 Å². The summed E-state index contributed by atoms with van der Waals surface area (Å²) in [5.41, 5.74) is 1.35. The molecule has 1 aromatic carbocycles. The Kier molecular flexibility index (Phi) is 4.29. The molecule has 0 saturated carbocycles. The van der Waals surface area contributed by atoms with Gasteiger partial charge in [-0.2, -0.15) is 0 Å². The van der Waals surface area contributed by atoms with Gasteiger partial charge in [0.1, 0.15) is 5.60 Å². The van der Waals surface area contributed by atoms with Gasteiger partial charge in [-0.3, -0.25) is 4.79 Å². The molecule has 0 amide bonds. The summed E-state index contributed by atoms with van der Waals surface area (Å²) in [6, 6.07) is 7.47. The second-order valence-corrected chi connectivity index (χ2v) is 5.22. The molecule has 0 aliphatic rings. The van der Waals surface area contributed by atoms with Crippen LogP contribution in [0, 0.1) is 6.92 Å². The van der Waals surface area contributed by atoms with Gasteiger partial charge < -0.3 is 9.84 Å². The van der Waals surface area contributed by atoms with Crippen molar-refractivity contribution in [2.75, 3.05) is 0 Å². The number of esters is 1. The van der Waals surface area contributed by atoms with Gasteiger partial charge in [0.2, 0.25) is 0 Å². The van der Waals surface area contributed by atoms with Gasteiger partial charge in [-0.1, -0.05) is 29.8 Å². The average molecular weight is 236 g/mol. The number of carbonyl (C=O) groups is 1. The molecule has 0 aromatic heterocycles. The second kappa shape index (κ2) is 5.32. The fourth-order valence-corrected chi connectivity index (χ4v) is 1.45. The minimum absolute atomic E-state index is 0.0136. The van der Waals surface area contributed by atoms with Crippen LogP contribution >= 0.6 is 0 Å². The molecule has 0 spiro atoms. The molecule has 0 bridgehead atoms. The summed E-state index contributed by atoms with van der Waals surface area (Å²) >= 11 is 0. The minimum Gasteiger partial charge on any atom is -0.460 e. The van der Waals surface area contributed by atoms with Crippen LogP contribution in [0.2, 0.25) is 0 Å². The molecule has 0 aliphatic heterocycles. The first kappa shape index (κ1) is 13.7. The summed E-state index contributed by atoms with van der Waals surface area (Å²) in [5, 5.41) is 9.88. The van der Waals surface area contributed by atoms with Crippen molar-refractivity contribution in [1.29, 1.82) is 0 Å². The maximum absolute atomic E-state index is 11.5. The summed E-state index contributed by atoms with van der Waals surface area (Å²) in [6.07, 6.45) is -0.814. The lowest BCUT2D eigenvalue weighted by atomic mass is 10.1. The van der Waals surface area contributed by atoms with E-state index in [1.165, 1.54) is 0 Å². The first-order valence-corrected chi connectivity index (χ1v) is 5.74. The fourth-order valence-electron chi connectivity index (χ4n) is 1.45. The van der Waals surface area contributed by atoms with Gasteiger partial charge in [-0.15, -0.1) is 0 Å². The third-order valence-corrected chi connectivity index (χ3v) is 2.24. The summed E-state index contributed by atoms with van der Waals surface area (Å²) in [5.74, 6) is -0.384. The highest BCUT2D eigenvalue weighted by molar-refractivity contribution is 5.70. The van der Waals surface area contributed by atoms with Crippen LogP contribution in [0.1, 0.15) is 44.4 Å². The third-order valence-electron chi connectivity index (χ3n) is 2.24. The van der Waals surface area contributed by atoms with Crippen LogP contribution in [0.25, 0.3) is 0 Å². The van der Waals surface area contributed by atoms with Crippen LogP contribution in [0.5, 0.6) is 0 Å². The van der Waals surface area contributed by atoms with Crippen LogP contribution in [-0.4, -0.2) is 16.7 Å². The normalized spacial score (nSPS) is 13.2. The smallest absolute Gasteiger partial charge is 0.309 e. The molecular formula is C14H20O3. The zero-order valence-electron chi connectivity index (χ0n) is 10.9. The molecule has 0 fully saturated rings. The molecule has 1 atom stereocenters. The van der Waals surface area contributed by atoms with Gasteiger partial charge in [-0.05, 0) is 33.3 Å². The minimum atomic E-state index is -0.801. The molecule has 1 N–H and O–H groups in total. The number of benzene rings is 1. The zero-order chi connectivity index (χ0) is 13.1. The third kappa shape index (κ3) is 5.00. The molecule has 1 rings (SSSR count). The quantitative estimate of drug-likeness (QED) is 0.821. The molecule has 0 saturated heterocycles. The molecule has 1 aromatic rings. The number of aliphatic hydroxyl groups excluding tert-OH is 1. The van der Waals surface area contributed by atoms with Crippen molar-refractivity contribution in [1.82, 2.24) is 0 Å². The van der Waals surface area contributed by atoms with E-state index in [1.807, 2.05) is 52.0 Å². The molecule has 0 aliphatic carbocycles. The number of ether oxygens (including phenoxy) is 1. The number of aliphatic hydroxyl groups is 1. The van der Waals surface area contributed by atoms with Gasteiger partial charge in [-0.25, -0.2) is 0 Å². The van der Waals surface area contributed by atoms with Crippen LogP contribution < -0.4 is 0 Å². The number of aryl methyl sites for hydroxylation is 1. The highest BCUT2D eigenvalue weighted by atomic mass is 16.6. The number of hydrogen-bond acceptors (Lipinski definition) is 3. The summed E-state index contributed by atoms with van der Waals surface area (Å²) < 4.78 is 5.15. The lowest BCUT2D eigenvalue weighted by Gasteiger charge is -2.20. The Morgan fingerprint density at radius 2 is 1.82 bits per heavy atom. The van der Waals surface area contributed by atoms with Gasteiger partial charge in [0.05, 0.1) is 12.5 Å². The SMILES string of the molecule is Cc1ccc([C@@H](O)CC(=O)OC(C)(C)C)cc1. The fraction of sp³-hybridized carbons (Fsp3) is 0.500. The van der Waals surface area contributed by atoms with Crippen LogP contribution in [0.3, 0.4) is 0 Å². The van der Waals surface area contributed by atoms with Crippen LogP contribution in [-0.2, 0) is 9.53 Å². The summed E-state index contributed by atoms with van der Waals surface area (Å²) in [6.45, 7) is 7.40. The molecule has 3 nitrogen and oxygen atoms in total. The topological polar surface area (TPSA) is 46.5 Å². The van der Waals surface area contributed by atoms with Crippen molar-refractivity contribution in [3.63, 3.8) is 0 Å². The van der Waals surface area contributed by atoms with E-state index in [1.54, 1.807) is 0 Å². The van der Waals surface area contributed by atoms with E-state index >= 15 is 0 Å². The monoisotopic (exact) mass is 236 g/mol. The van der Waals surface area contributed by atoms with Crippen molar-refractivity contribution >= 4 is 5.97 Å². The second-order valence-electron chi connectivity index (χ2n) is 5.22. The lowest BCUT2D eigenvalue weighted by Crippen LogP contribution is -2.24. The number of rotatable bonds is 3. The summed E-state index contributed by atoms with van der Waals surface area (Å²) in [7, 11) is 0. The molecule has 0 radical (unpaired) electrons. The summed E-state index contributed by atoms with van der Waals surface area (Å²) in [4.78, 5) is 11.5. The van der Waals surface area contributed by atoms with Gasteiger partial charge in [0, 0.05) is 0 Å². The molecule has 0 unspecified atom stereocenters. The van der Waals surface area contributed by atoms with E-state index in [4.69, 9.17) is 4.74 Å². The van der Waals surface area contributed by atoms with Crippen molar-refractivity contribution < 1.29 is 14.6 Å². The van der Waals surface area contributed by atoms with Crippen molar-refractivity contribution in [3.8, 4) is 0 Å². The predicted molar refractivity (Wildman–Crippen MR) is 66.6 cm³/mol. The standard InChI is InChI=1S/C14H20O3/c1-10-5-7-11(8-6-10)12(15)9-13(16)17-14(2,3)4/h5-8,12,15H,9H2,1-4H3/t12-/m0/s1. The molecular weight excluding hydrogens is 216 g/mol. The van der Waals surface area contributed by atoms with Crippen molar-refractivity contribution in [2.45, 2.75) is 45.8 Å². The van der Waals surface area contributed by atoms with E-state index < -0.39 is 11.7 Å². The average Bonchev–Trinajstić information content (AvgIpc) is 2.15. The first-order chi connectivity index (χ1) is 7.78. The number of carbonyl (C=O) groups excluding carboxylic acids is 1. The van der Waals surface area contributed by atoms with Crippen LogP contribution in [0.15, 0.2) is 24.3 Å². The van der Waals surface area contributed by atoms with E-state index in [0.29, 0.717) is 0 Å². The molecule has 3 heteroatoms. The van der Waals surface area contributed by atoms with E-state index in [9.17, 15) is 9.90 Å².